The van der Waals surface area contributed by atoms with Crippen LogP contribution >= 0.6 is 0 Å². The molecule has 0 bridgehead atoms. The van der Waals surface area contributed by atoms with Crippen molar-refractivity contribution in [1.82, 2.24) is 10.2 Å². The molecule has 1 aliphatic heterocycles. The van der Waals surface area contributed by atoms with Crippen LogP contribution in [0.1, 0.15) is 29.5 Å². The van der Waals surface area contributed by atoms with E-state index in [1.165, 1.54) is 12.3 Å². The minimum Gasteiger partial charge on any atom is -0.478 e. The Hall–Kier alpha value is -1.82. The maximum absolute atomic E-state index is 11.7. The number of hydrogen-bond acceptors (Lipinski definition) is 4. The zero-order chi connectivity index (χ0) is 13.1. The first-order valence-electron chi connectivity index (χ1n) is 5.95. The van der Waals surface area contributed by atoms with E-state index in [9.17, 15) is 9.59 Å². The molecule has 0 aliphatic carbocycles. The minimum atomic E-state index is -1.01. The highest BCUT2D eigenvalue weighted by atomic mass is 16.4. The number of aromatic carboxylic acids is 1. The highest BCUT2D eigenvalue weighted by Crippen LogP contribution is 2.17. The van der Waals surface area contributed by atoms with E-state index in [4.69, 9.17) is 9.52 Å². The number of piperazine rings is 1. The molecule has 1 unspecified atom stereocenters. The van der Waals surface area contributed by atoms with E-state index in [1.54, 1.807) is 0 Å². The van der Waals surface area contributed by atoms with E-state index in [1.807, 2.05) is 11.8 Å². The van der Waals surface area contributed by atoms with Crippen molar-refractivity contribution in [2.24, 2.45) is 0 Å². The van der Waals surface area contributed by atoms with Gasteiger partial charge < -0.3 is 14.8 Å². The molecule has 1 atom stereocenters. The number of hydrogen-bond donors (Lipinski definition) is 2. The molecule has 98 valence electrons. The summed E-state index contributed by atoms with van der Waals surface area (Å²) < 4.78 is 5.20. The number of amides is 1. The summed E-state index contributed by atoms with van der Waals surface area (Å²) in [7, 11) is 0. The second-order valence-electron chi connectivity index (χ2n) is 4.25. The average molecular weight is 252 g/mol. The molecule has 0 radical (unpaired) electrons. The Labute approximate surface area is 105 Å². The number of nitrogens with zero attached hydrogens (tertiary/aromatic N) is 1. The minimum absolute atomic E-state index is 0.00724. The smallest absolute Gasteiger partial charge is 0.339 e. The van der Waals surface area contributed by atoms with Crippen LogP contribution in [0.3, 0.4) is 0 Å². The maximum Gasteiger partial charge on any atom is 0.339 e. The Bertz CT molecular complexity index is 455. The Balaban J connectivity index is 2.14. The molecule has 1 aliphatic rings. The number of furan rings is 1. The van der Waals surface area contributed by atoms with Gasteiger partial charge in [-0.1, -0.05) is 6.92 Å². The van der Waals surface area contributed by atoms with Gasteiger partial charge in [0.15, 0.2) is 0 Å². The zero-order valence-corrected chi connectivity index (χ0v) is 10.2. The van der Waals surface area contributed by atoms with E-state index < -0.39 is 5.97 Å². The first-order valence-corrected chi connectivity index (χ1v) is 5.95. The van der Waals surface area contributed by atoms with Crippen LogP contribution in [-0.2, 0) is 11.3 Å². The second-order valence-corrected chi connectivity index (χ2v) is 4.25. The van der Waals surface area contributed by atoms with Crippen molar-refractivity contribution >= 4 is 11.9 Å². The van der Waals surface area contributed by atoms with E-state index >= 15 is 0 Å². The van der Waals surface area contributed by atoms with Crippen molar-refractivity contribution in [3.63, 3.8) is 0 Å². The van der Waals surface area contributed by atoms with E-state index in [0.717, 1.165) is 0 Å². The lowest BCUT2D eigenvalue weighted by Gasteiger charge is -2.33. The molecule has 1 aromatic rings. The predicted octanol–water partition coefficient (Wildman–Crippen LogP) is 0.688. The Morgan fingerprint density at radius 1 is 1.67 bits per heavy atom. The molecule has 0 saturated carbocycles. The molecular formula is C12H16N2O4. The van der Waals surface area contributed by atoms with Gasteiger partial charge in [0.05, 0.1) is 18.8 Å². The van der Waals surface area contributed by atoms with Crippen LogP contribution in [-0.4, -0.2) is 41.0 Å². The van der Waals surface area contributed by atoms with Crippen LogP contribution in [0.5, 0.6) is 0 Å². The van der Waals surface area contributed by atoms with E-state index in [2.05, 4.69) is 5.32 Å². The van der Waals surface area contributed by atoms with Crippen LogP contribution in [0.25, 0.3) is 0 Å². The number of rotatable bonds is 4. The summed E-state index contributed by atoms with van der Waals surface area (Å²) in [5, 5.41) is 11.8. The van der Waals surface area contributed by atoms with Gasteiger partial charge in [0.1, 0.15) is 11.3 Å². The summed E-state index contributed by atoms with van der Waals surface area (Å²) in [4.78, 5) is 24.6. The van der Waals surface area contributed by atoms with Gasteiger partial charge in [0.2, 0.25) is 5.91 Å². The Morgan fingerprint density at radius 3 is 3.11 bits per heavy atom. The van der Waals surface area contributed by atoms with Gasteiger partial charge in [-0.3, -0.25) is 9.69 Å². The van der Waals surface area contributed by atoms with Gasteiger partial charge >= 0.3 is 5.97 Å². The summed E-state index contributed by atoms with van der Waals surface area (Å²) >= 11 is 0. The summed E-state index contributed by atoms with van der Waals surface area (Å²) in [6.45, 7) is 3.56. The molecule has 1 amide bonds. The quantitative estimate of drug-likeness (QED) is 0.823. The van der Waals surface area contributed by atoms with Crippen LogP contribution < -0.4 is 5.32 Å². The van der Waals surface area contributed by atoms with Crippen molar-refractivity contribution in [3.8, 4) is 0 Å². The van der Waals surface area contributed by atoms with E-state index in [-0.39, 0.29) is 17.5 Å². The molecule has 2 rings (SSSR count). The van der Waals surface area contributed by atoms with Crippen LogP contribution in [0, 0.1) is 0 Å². The number of carbonyl (C=O) groups excluding carboxylic acids is 1. The Kier molecular flexibility index (Phi) is 3.66. The molecule has 1 fully saturated rings. The van der Waals surface area contributed by atoms with Gasteiger partial charge in [0, 0.05) is 13.1 Å². The third kappa shape index (κ3) is 2.38. The van der Waals surface area contributed by atoms with Gasteiger partial charge in [-0.05, 0) is 12.5 Å². The highest BCUT2D eigenvalue weighted by Gasteiger charge is 2.29. The first kappa shape index (κ1) is 12.6. The van der Waals surface area contributed by atoms with Gasteiger partial charge in [-0.25, -0.2) is 4.79 Å². The molecule has 0 spiro atoms. The summed E-state index contributed by atoms with van der Waals surface area (Å²) in [6, 6.07) is 1.22. The molecule has 1 saturated heterocycles. The van der Waals surface area contributed by atoms with Crippen molar-refractivity contribution < 1.29 is 19.1 Å². The monoisotopic (exact) mass is 252 g/mol. The fraction of sp³-hybridized carbons (Fsp3) is 0.500. The van der Waals surface area contributed by atoms with Gasteiger partial charge in [-0.2, -0.15) is 0 Å². The first-order chi connectivity index (χ1) is 8.63. The molecule has 18 heavy (non-hydrogen) atoms. The number of carboxylic acids is 1. The molecular weight excluding hydrogens is 236 g/mol. The highest BCUT2D eigenvalue weighted by molar-refractivity contribution is 5.88. The lowest BCUT2D eigenvalue weighted by Crippen LogP contribution is -2.54. The molecule has 6 nitrogen and oxygen atoms in total. The fourth-order valence-corrected chi connectivity index (χ4v) is 2.23. The summed E-state index contributed by atoms with van der Waals surface area (Å²) in [6.07, 6.45) is 2.05. The lowest BCUT2D eigenvalue weighted by atomic mass is 10.1. The lowest BCUT2D eigenvalue weighted by molar-refractivity contribution is -0.129. The van der Waals surface area contributed by atoms with E-state index in [0.29, 0.717) is 31.8 Å². The number of carboxylic acid groups (broad SMARTS) is 1. The van der Waals surface area contributed by atoms with Crippen LogP contribution in [0.2, 0.25) is 0 Å². The SMILES string of the molecule is CCC1C(=O)NCCN1Cc1occc1C(=O)O. The molecule has 2 heterocycles. The van der Waals surface area contributed by atoms with Crippen LogP contribution in [0.4, 0.5) is 0 Å². The van der Waals surface area contributed by atoms with Gasteiger partial charge in [0.25, 0.3) is 0 Å². The summed E-state index contributed by atoms with van der Waals surface area (Å²) in [5.41, 5.74) is 0.163. The topological polar surface area (TPSA) is 82.8 Å². The Morgan fingerprint density at radius 2 is 2.44 bits per heavy atom. The second kappa shape index (κ2) is 5.22. The third-order valence-electron chi connectivity index (χ3n) is 3.15. The largest absolute Gasteiger partial charge is 0.478 e. The average Bonchev–Trinajstić information content (AvgIpc) is 2.77. The van der Waals surface area contributed by atoms with Gasteiger partial charge in [-0.15, -0.1) is 0 Å². The molecule has 2 N–H and O–H groups in total. The number of carbonyl (C=O) groups is 2. The van der Waals surface area contributed by atoms with Crippen molar-refractivity contribution in [1.29, 1.82) is 0 Å². The zero-order valence-electron chi connectivity index (χ0n) is 10.2. The predicted molar refractivity (Wildman–Crippen MR) is 63.2 cm³/mol. The van der Waals surface area contributed by atoms with Crippen molar-refractivity contribution in [2.45, 2.75) is 25.9 Å². The molecule has 0 aromatic carbocycles. The summed E-state index contributed by atoms with van der Waals surface area (Å²) in [5.74, 6) is -0.615. The van der Waals surface area contributed by atoms with Crippen LogP contribution in [0.15, 0.2) is 16.7 Å². The fourth-order valence-electron chi connectivity index (χ4n) is 2.23. The molecule has 6 heteroatoms. The third-order valence-corrected chi connectivity index (χ3v) is 3.15. The van der Waals surface area contributed by atoms with Crippen molar-refractivity contribution in [3.05, 3.63) is 23.7 Å². The normalized spacial score (nSPS) is 20.7. The van der Waals surface area contributed by atoms with Crippen molar-refractivity contribution in [2.75, 3.05) is 13.1 Å². The standard InChI is InChI=1S/C12H16N2O4/c1-2-9-11(15)13-4-5-14(9)7-10-8(12(16)17)3-6-18-10/h3,6,9H,2,4-5,7H2,1H3,(H,13,15)(H,16,17). The number of nitrogens with one attached hydrogen (secondary N) is 1. The molecule has 1 aromatic heterocycles. The maximum atomic E-state index is 11.7.